The zero-order valence-corrected chi connectivity index (χ0v) is 41.7. The molecule has 1 aliphatic carbocycles. The van der Waals surface area contributed by atoms with Crippen LogP contribution in [-0.4, -0.2) is 191 Å². The summed E-state index contributed by atoms with van der Waals surface area (Å²) in [5.41, 5.74) is 40.3. The number of carbonyl (C=O) groups is 1. The van der Waals surface area contributed by atoms with E-state index in [9.17, 15) is 35.4 Å². The number of pyridine rings is 1. The molecule has 0 radical (unpaired) electrons. The molecule has 4 fully saturated rings. The van der Waals surface area contributed by atoms with Gasteiger partial charge in [-0.2, -0.15) is 16.3 Å². The molecule has 398 valence electrons. The average molecular weight is 1050 g/mol. The molecule has 24 heteroatoms. The van der Waals surface area contributed by atoms with Gasteiger partial charge in [-0.3, -0.25) is 4.79 Å². The number of anilines is 1. The van der Waals surface area contributed by atoms with Crippen molar-refractivity contribution in [3.05, 3.63) is 71.4 Å². The molecular formula is C48H72N9O13S2+. The molecule has 22 nitrogen and oxygen atoms in total. The summed E-state index contributed by atoms with van der Waals surface area (Å²) < 4.78 is 38.8. The lowest BCUT2D eigenvalue weighted by Gasteiger charge is -2.47. The summed E-state index contributed by atoms with van der Waals surface area (Å²) in [5.74, 6) is 0.569. The quantitative estimate of drug-likeness (QED) is 0.0416. The smallest absolute Gasteiger partial charge is 0.220 e. The summed E-state index contributed by atoms with van der Waals surface area (Å²) >= 11 is 3.16. The van der Waals surface area contributed by atoms with Crippen LogP contribution in [0.2, 0.25) is 0 Å². The molecule has 72 heavy (non-hydrogen) atoms. The Kier molecular flexibility index (Phi) is 18.9. The van der Waals surface area contributed by atoms with E-state index in [-0.39, 0.29) is 31.2 Å². The Morgan fingerprint density at radius 2 is 1.39 bits per heavy atom. The summed E-state index contributed by atoms with van der Waals surface area (Å²) in [6.07, 6.45) is -13.3. The van der Waals surface area contributed by atoms with Crippen molar-refractivity contribution in [2.24, 2.45) is 34.4 Å². The van der Waals surface area contributed by atoms with Crippen molar-refractivity contribution in [3.8, 4) is 0 Å². The first-order valence-electron chi connectivity index (χ1n) is 24.5. The molecule has 5 aliphatic rings. The Morgan fingerprint density at radius 3 is 2.07 bits per heavy atom. The molecule has 0 bridgehead atoms. The van der Waals surface area contributed by atoms with Crippen molar-refractivity contribution >= 4 is 52.1 Å². The Bertz CT molecular complexity index is 2310. The molecule has 19 atom stereocenters. The van der Waals surface area contributed by atoms with Crippen molar-refractivity contribution < 1.29 is 68.4 Å². The maximum atomic E-state index is 13.0. The molecule has 1 saturated carbocycles. The number of carbonyl (C=O) groups excluding carboxylic acids is 1. The number of aryl methyl sites for hydroxylation is 1. The number of aromatic nitrogens is 1. The van der Waals surface area contributed by atoms with Crippen LogP contribution in [0.15, 0.2) is 70.7 Å². The van der Waals surface area contributed by atoms with Crippen molar-refractivity contribution in [2.45, 2.75) is 153 Å². The van der Waals surface area contributed by atoms with Crippen LogP contribution in [0.1, 0.15) is 31.2 Å². The molecular weight excluding hydrogens is 975 g/mol. The molecule has 1 aromatic heterocycles. The second-order valence-corrected chi connectivity index (χ2v) is 21.3. The first-order chi connectivity index (χ1) is 34.6. The highest BCUT2D eigenvalue weighted by molar-refractivity contribution is 8.03. The van der Waals surface area contributed by atoms with Crippen LogP contribution in [0.4, 0.5) is 5.69 Å². The minimum atomic E-state index is -1.57. The van der Waals surface area contributed by atoms with Gasteiger partial charge in [-0.25, -0.2) is 0 Å². The minimum Gasteiger partial charge on any atom is -0.389 e. The topological polar surface area (TPSA) is 369 Å². The number of aliphatic hydroxyl groups excluding tert-OH is 6. The van der Waals surface area contributed by atoms with E-state index in [2.05, 4.69) is 76.6 Å². The molecule has 8 rings (SSSR count). The zero-order valence-electron chi connectivity index (χ0n) is 40.1. The number of amides is 1. The van der Waals surface area contributed by atoms with Gasteiger partial charge < -0.3 is 104 Å². The number of aliphatic hydroxyl groups is 6. The van der Waals surface area contributed by atoms with Crippen LogP contribution < -0.4 is 49.2 Å². The Balaban J connectivity index is 0.855. The predicted octanol–water partition coefficient (Wildman–Crippen LogP) is -3.19. The summed E-state index contributed by atoms with van der Waals surface area (Å²) in [5, 5.41) is 70.8. The van der Waals surface area contributed by atoms with Crippen LogP contribution in [0, 0.1) is 0 Å². The standard InChI is InChI=1S/C48H71N9O13S2/c1-56-28-10-4-5-11-32(28)72-34(56)18-23-13-16-57(27-9-3-2-8-24(23)27)15-7-6-12-33(58)55-14-17-71-22-31-44(69-47-36(54)41(63)39(61)30(21-50)66-47)42(64)48(67-31)70-45-37(59)25(51)19-26(52)43(45)68-46-35(53)40(62)38(60)29(20-49)65-46/h2-5,8-11,13,16,18,25-26,29-31,35-48,59-64H,6-7,12,14-15,17,19-22,49-54H2,1H3/p+1/t25-,26?,29?,30?,31?,35?,36?,37?,38-,39-,40?,41?,42?,43-,44?,45?,46-,47-,48?/m1/s1. The van der Waals surface area contributed by atoms with Crippen molar-refractivity contribution in [3.63, 3.8) is 0 Å². The zero-order chi connectivity index (χ0) is 51.4. The van der Waals surface area contributed by atoms with E-state index < -0.39 is 116 Å². The van der Waals surface area contributed by atoms with Gasteiger partial charge in [0.2, 0.25) is 11.4 Å². The minimum absolute atomic E-state index is 0.0839. The van der Waals surface area contributed by atoms with E-state index >= 15 is 0 Å². The number of nitrogens with zero attached hydrogens (tertiary/aromatic N) is 2. The molecule has 4 aliphatic heterocycles. The number of para-hydroxylation sites is 2. The van der Waals surface area contributed by atoms with Gasteiger partial charge in [0.05, 0.1) is 40.4 Å². The van der Waals surface area contributed by atoms with Gasteiger partial charge in [-0.15, -0.1) is 0 Å². The van der Waals surface area contributed by atoms with E-state index in [0.29, 0.717) is 25.1 Å². The number of hydrogen-bond acceptors (Lipinski definition) is 22. The van der Waals surface area contributed by atoms with Gasteiger partial charge in [-0.05, 0) is 42.7 Å². The number of nitrogens with one attached hydrogen (secondary N) is 1. The van der Waals surface area contributed by atoms with Crippen molar-refractivity contribution in [2.75, 3.05) is 43.1 Å². The number of fused-ring (bicyclic) bond motifs is 2. The largest absolute Gasteiger partial charge is 0.389 e. The third kappa shape index (κ3) is 12.1. The number of hydrogen-bond donors (Lipinski definition) is 13. The summed E-state index contributed by atoms with van der Waals surface area (Å²) in [4.78, 5) is 16.4. The maximum Gasteiger partial charge on any atom is 0.220 e. The highest BCUT2D eigenvalue weighted by Gasteiger charge is 2.54. The third-order valence-corrected chi connectivity index (χ3v) is 16.3. The third-order valence-electron chi connectivity index (χ3n) is 14.1. The Morgan fingerprint density at radius 1 is 0.764 bits per heavy atom. The summed E-state index contributed by atoms with van der Waals surface area (Å²) in [6, 6.07) is 14.6. The molecule has 3 aromatic rings. The number of unbranched alkanes of at least 4 members (excludes halogenated alkanes) is 1. The first kappa shape index (κ1) is 55.1. The van der Waals surface area contributed by atoms with E-state index in [1.165, 1.54) is 22.3 Å². The van der Waals surface area contributed by atoms with Gasteiger partial charge >= 0.3 is 0 Å². The number of rotatable bonds is 19. The molecule has 19 N–H and O–H groups in total. The first-order valence-corrected chi connectivity index (χ1v) is 26.5. The SMILES string of the molecule is CN1/C(=C/c2cc[n+](CCCCC(=O)NCCSCC3OC(OC4C(O)[C@H](N)CC(N)[C@H]4O[C@H]4OC(CN)[C@@H](O)C(O)C4N)C(O)C3O[C@H]3OC(CN)[C@@H](O)C(O)C3N)c3ccccc23)Sc2ccccc21. The highest BCUT2D eigenvalue weighted by atomic mass is 32.2. The van der Waals surface area contributed by atoms with Crippen LogP contribution in [0.3, 0.4) is 0 Å². The fourth-order valence-electron chi connectivity index (χ4n) is 9.86. The van der Waals surface area contributed by atoms with Gasteiger partial charge in [0.1, 0.15) is 67.6 Å². The Labute approximate surface area is 426 Å². The van der Waals surface area contributed by atoms with Crippen LogP contribution in [0.5, 0.6) is 0 Å². The number of ether oxygens (including phenoxy) is 6. The number of nitrogens with two attached hydrogens (primary N) is 6. The lowest BCUT2D eigenvalue weighted by Crippen LogP contribution is -2.68. The van der Waals surface area contributed by atoms with E-state index in [4.69, 9.17) is 62.8 Å². The molecule has 2 aromatic carbocycles. The normalized spacial score (nSPS) is 37.6. The van der Waals surface area contributed by atoms with Crippen molar-refractivity contribution in [1.82, 2.24) is 5.32 Å². The van der Waals surface area contributed by atoms with Crippen LogP contribution in [0.25, 0.3) is 17.0 Å². The highest BCUT2D eigenvalue weighted by Crippen LogP contribution is 2.46. The van der Waals surface area contributed by atoms with Crippen LogP contribution >= 0.6 is 23.5 Å². The molecule has 0 spiro atoms. The predicted molar refractivity (Wildman–Crippen MR) is 268 cm³/mol. The van der Waals surface area contributed by atoms with Gasteiger partial charge in [0, 0.05) is 80.1 Å². The maximum absolute atomic E-state index is 13.0. The van der Waals surface area contributed by atoms with Crippen molar-refractivity contribution in [1.29, 1.82) is 0 Å². The van der Waals surface area contributed by atoms with Crippen LogP contribution in [-0.2, 0) is 39.8 Å². The lowest BCUT2D eigenvalue weighted by molar-refractivity contribution is -0.671. The van der Waals surface area contributed by atoms with Gasteiger partial charge in [0.25, 0.3) is 0 Å². The van der Waals surface area contributed by atoms with Gasteiger partial charge in [0.15, 0.2) is 25.1 Å². The average Bonchev–Trinajstić information content (AvgIpc) is 3.85. The van der Waals surface area contributed by atoms with E-state index in [1.807, 2.05) is 12.1 Å². The van der Waals surface area contributed by atoms with Gasteiger partial charge in [-0.1, -0.05) is 36.0 Å². The van der Waals surface area contributed by atoms with E-state index in [1.54, 1.807) is 11.8 Å². The second-order valence-electron chi connectivity index (χ2n) is 19.0. The molecule has 5 heterocycles. The second kappa shape index (κ2) is 24.7. The number of benzene rings is 2. The Hall–Kier alpha value is -3.16. The summed E-state index contributed by atoms with van der Waals surface area (Å²) in [6.45, 7) is 0.747. The van der Waals surface area contributed by atoms with E-state index in [0.717, 1.165) is 34.5 Å². The molecule has 3 saturated heterocycles. The fraction of sp³-hybridized carbons (Fsp3) is 0.625. The number of thioether (sulfide) groups is 2. The lowest BCUT2D eigenvalue weighted by atomic mass is 9.84. The monoisotopic (exact) mass is 1050 g/mol. The molecule has 1 amide bonds. The summed E-state index contributed by atoms with van der Waals surface area (Å²) in [7, 11) is 2.09. The molecule has 13 unspecified atom stereocenters. The fourth-order valence-corrected chi connectivity index (χ4v) is 11.9.